The number of rotatable bonds is 3. The molecule has 0 aliphatic heterocycles. The molecule has 0 aromatic carbocycles. The molecule has 1 aliphatic carbocycles. The van der Waals surface area contributed by atoms with Gasteiger partial charge in [0.05, 0.1) is 0 Å². The van der Waals surface area contributed by atoms with Crippen molar-refractivity contribution in [3.8, 4) is 0 Å². The van der Waals surface area contributed by atoms with E-state index in [2.05, 4.69) is 17.1 Å². The van der Waals surface area contributed by atoms with E-state index in [1.807, 2.05) is 0 Å². The second-order valence-electron chi connectivity index (χ2n) is 3.84. The number of aromatic nitrogens is 2. The van der Waals surface area contributed by atoms with Gasteiger partial charge >= 0.3 is 6.01 Å². The van der Waals surface area contributed by atoms with Gasteiger partial charge < -0.3 is 10.2 Å². The van der Waals surface area contributed by atoms with E-state index >= 15 is 0 Å². The summed E-state index contributed by atoms with van der Waals surface area (Å²) in [7, 11) is 0. The summed E-state index contributed by atoms with van der Waals surface area (Å²) in [6.07, 6.45) is 4.66. The molecule has 66 valence electrons. The first-order valence-corrected chi connectivity index (χ1v) is 4.26. The molecular formula is C8H13N3O. The predicted octanol–water partition coefficient (Wildman–Crippen LogP) is 1.38. The highest BCUT2D eigenvalue weighted by molar-refractivity contribution is 5.05. The Bertz CT molecular complexity index is 278. The summed E-state index contributed by atoms with van der Waals surface area (Å²) in [5, 5.41) is 7.40. The molecule has 1 aromatic rings. The number of nitrogen functional groups attached to an aromatic ring is 1. The summed E-state index contributed by atoms with van der Waals surface area (Å²) < 4.78 is 5.06. The van der Waals surface area contributed by atoms with Gasteiger partial charge in [0.2, 0.25) is 5.89 Å². The fraction of sp³-hybridized carbons (Fsp3) is 0.750. The molecule has 2 N–H and O–H groups in total. The number of hydrogen-bond acceptors (Lipinski definition) is 4. The highest BCUT2D eigenvalue weighted by Gasteiger charge is 2.36. The van der Waals surface area contributed by atoms with Crippen molar-refractivity contribution in [1.29, 1.82) is 0 Å². The van der Waals surface area contributed by atoms with Crippen molar-refractivity contribution < 1.29 is 4.42 Å². The maximum atomic E-state index is 5.29. The van der Waals surface area contributed by atoms with E-state index in [0.29, 0.717) is 11.3 Å². The van der Waals surface area contributed by atoms with Crippen LogP contribution in [0.3, 0.4) is 0 Å². The molecule has 0 atom stereocenters. The first-order chi connectivity index (χ1) is 5.68. The van der Waals surface area contributed by atoms with Gasteiger partial charge in [-0.05, 0) is 24.7 Å². The van der Waals surface area contributed by atoms with Gasteiger partial charge in [-0.15, -0.1) is 5.10 Å². The molecule has 12 heavy (non-hydrogen) atoms. The van der Waals surface area contributed by atoms with E-state index in [-0.39, 0.29) is 6.01 Å². The Labute approximate surface area is 71.2 Å². The average Bonchev–Trinajstić information content (AvgIpc) is 2.60. The molecule has 0 unspecified atom stereocenters. The monoisotopic (exact) mass is 167 g/mol. The summed E-state index contributed by atoms with van der Waals surface area (Å²) in [5.41, 5.74) is 5.84. The molecule has 1 heterocycles. The lowest BCUT2D eigenvalue weighted by Gasteiger charge is -2.03. The highest BCUT2D eigenvalue weighted by Crippen LogP contribution is 2.48. The van der Waals surface area contributed by atoms with Gasteiger partial charge in [-0.3, -0.25) is 0 Å². The third kappa shape index (κ3) is 1.57. The third-order valence-corrected chi connectivity index (χ3v) is 2.53. The van der Waals surface area contributed by atoms with Crippen molar-refractivity contribution in [3.63, 3.8) is 0 Å². The maximum absolute atomic E-state index is 5.29. The van der Waals surface area contributed by atoms with Crippen LogP contribution >= 0.6 is 0 Å². The first-order valence-electron chi connectivity index (χ1n) is 4.26. The van der Waals surface area contributed by atoms with Crippen molar-refractivity contribution in [2.45, 2.75) is 32.6 Å². The fourth-order valence-electron chi connectivity index (χ4n) is 1.24. The standard InChI is InChI=1S/C8H13N3O/c1-8(4-5-8)3-2-6-10-11-7(9)12-6/h2-5H2,1H3,(H2,9,11). The SMILES string of the molecule is CC1(CCc2nnc(N)o2)CC1. The van der Waals surface area contributed by atoms with Gasteiger partial charge in [0, 0.05) is 6.42 Å². The maximum Gasteiger partial charge on any atom is 0.312 e. The summed E-state index contributed by atoms with van der Waals surface area (Å²) in [4.78, 5) is 0. The summed E-state index contributed by atoms with van der Waals surface area (Å²) in [6, 6.07) is 0.172. The Morgan fingerprint density at radius 1 is 1.50 bits per heavy atom. The molecular weight excluding hydrogens is 154 g/mol. The number of hydrogen-bond donors (Lipinski definition) is 1. The van der Waals surface area contributed by atoms with Crippen LogP contribution in [-0.4, -0.2) is 10.2 Å². The van der Waals surface area contributed by atoms with Gasteiger partial charge in [-0.2, -0.15) is 0 Å². The minimum Gasteiger partial charge on any atom is -0.408 e. The molecule has 1 aromatic heterocycles. The summed E-state index contributed by atoms with van der Waals surface area (Å²) in [5.74, 6) is 0.667. The minimum absolute atomic E-state index is 0.172. The van der Waals surface area contributed by atoms with Gasteiger partial charge in [0.1, 0.15) is 0 Å². The molecule has 0 amide bonds. The van der Waals surface area contributed by atoms with Crippen LogP contribution in [-0.2, 0) is 6.42 Å². The van der Waals surface area contributed by atoms with Gasteiger partial charge in [0.25, 0.3) is 0 Å². The third-order valence-electron chi connectivity index (χ3n) is 2.53. The van der Waals surface area contributed by atoms with Crippen molar-refractivity contribution in [2.24, 2.45) is 5.41 Å². The van der Waals surface area contributed by atoms with Crippen LogP contribution in [0.4, 0.5) is 6.01 Å². The average molecular weight is 167 g/mol. The van der Waals surface area contributed by atoms with E-state index < -0.39 is 0 Å². The van der Waals surface area contributed by atoms with E-state index in [9.17, 15) is 0 Å². The quantitative estimate of drug-likeness (QED) is 0.738. The van der Waals surface area contributed by atoms with Gasteiger partial charge in [0.15, 0.2) is 0 Å². The largest absolute Gasteiger partial charge is 0.408 e. The zero-order valence-electron chi connectivity index (χ0n) is 7.21. The van der Waals surface area contributed by atoms with Crippen LogP contribution in [0, 0.1) is 5.41 Å². The van der Waals surface area contributed by atoms with E-state index in [1.165, 1.54) is 12.8 Å². The Balaban J connectivity index is 1.87. The van der Waals surface area contributed by atoms with Crippen LogP contribution in [0.25, 0.3) is 0 Å². The van der Waals surface area contributed by atoms with Crippen LogP contribution in [0.5, 0.6) is 0 Å². The Kier molecular flexibility index (Phi) is 1.56. The predicted molar refractivity (Wildman–Crippen MR) is 44.4 cm³/mol. The number of aryl methyl sites for hydroxylation is 1. The van der Waals surface area contributed by atoms with E-state index in [0.717, 1.165) is 12.8 Å². The van der Waals surface area contributed by atoms with Crippen molar-refractivity contribution in [3.05, 3.63) is 5.89 Å². The molecule has 2 rings (SSSR count). The van der Waals surface area contributed by atoms with Crippen LogP contribution in [0.2, 0.25) is 0 Å². The molecule has 1 fully saturated rings. The van der Waals surface area contributed by atoms with Crippen molar-refractivity contribution in [2.75, 3.05) is 5.73 Å². The Morgan fingerprint density at radius 2 is 2.25 bits per heavy atom. The topological polar surface area (TPSA) is 64.9 Å². The smallest absolute Gasteiger partial charge is 0.312 e. The van der Waals surface area contributed by atoms with E-state index in [1.54, 1.807) is 0 Å². The zero-order chi connectivity index (χ0) is 8.60. The van der Waals surface area contributed by atoms with Gasteiger partial charge in [-0.25, -0.2) is 0 Å². The molecule has 1 saturated carbocycles. The summed E-state index contributed by atoms with van der Waals surface area (Å²) in [6.45, 7) is 2.28. The minimum atomic E-state index is 0.172. The molecule has 0 bridgehead atoms. The molecule has 0 saturated heterocycles. The lowest BCUT2D eigenvalue weighted by Crippen LogP contribution is -1.96. The van der Waals surface area contributed by atoms with Crippen molar-refractivity contribution >= 4 is 6.01 Å². The summed E-state index contributed by atoms with van der Waals surface area (Å²) >= 11 is 0. The molecule has 0 radical (unpaired) electrons. The number of anilines is 1. The van der Waals surface area contributed by atoms with E-state index in [4.69, 9.17) is 10.2 Å². The second kappa shape index (κ2) is 2.47. The molecule has 4 nitrogen and oxygen atoms in total. The zero-order valence-corrected chi connectivity index (χ0v) is 7.21. The van der Waals surface area contributed by atoms with Crippen LogP contribution in [0.1, 0.15) is 32.1 Å². The lowest BCUT2D eigenvalue weighted by molar-refractivity contribution is 0.447. The molecule has 4 heteroatoms. The van der Waals surface area contributed by atoms with Crippen LogP contribution in [0.15, 0.2) is 4.42 Å². The van der Waals surface area contributed by atoms with Gasteiger partial charge in [-0.1, -0.05) is 12.0 Å². The Hall–Kier alpha value is -1.06. The number of nitrogens with two attached hydrogens (primary N) is 1. The van der Waals surface area contributed by atoms with Crippen molar-refractivity contribution in [1.82, 2.24) is 10.2 Å². The molecule has 0 spiro atoms. The lowest BCUT2D eigenvalue weighted by atomic mass is 10.0. The highest BCUT2D eigenvalue weighted by atomic mass is 16.4. The molecule has 1 aliphatic rings. The normalized spacial score (nSPS) is 19.4. The van der Waals surface area contributed by atoms with Crippen LogP contribution < -0.4 is 5.73 Å². The number of nitrogens with zero attached hydrogens (tertiary/aromatic N) is 2. The fourth-order valence-corrected chi connectivity index (χ4v) is 1.24. The Morgan fingerprint density at radius 3 is 2.75 bits per heavy atom. The first kappa shape index (κ1) is 7.58. The second-order valence-corrected chi connectivity index (χ2v) is 3.84.